The first-order chi connectivity index (χ1) is 29.0. The number of ether oxygens (including phenoxy) is 2. The van der Waals surface area contributed by atoms with Gasteiger partial charge in [-0.25, -0.2) is 4.57 Å². The molecule has 0 rings (SSSR count). The van der Waals surface area contributed by atoms with Crippen molar-refractivity contribution in [2.24, 2.45) is 0 Å². The molecule has 0 radical (unpaired) electrons. The van der Waals surface area contributed by atoms with Gasteiger partial charge in [0.1, 0.15) is 19.8 Å². The zero-order chi connectivity index (χ0) is 44.3. The summed E-state index contributed by atoms with van der Waals surface area (Å²) in [6.07, 6.45) is 56.9. The Labute approximate surface area is 365 Å². The van der Waals surface area contributed by atoms with Crippen molar-refractivity contribution in [2.45, 2.75) is 136 Å². The zero-order valence-electron chi connectivity index (χ0n) is 37.9. The lowest BCUT2D eigenvalue weighted by molar-refractivity contribution is -0.870. The molecule has 0 saturated carbocycles. The molecule has 0 aliphatic rings. The molecule has 0 spiro atoms. The van der Waals surface area contributed by atoms with Crippen molar-refractivity contribution in [1.29, 1.82) is 0 Å². The molecule has 1 N–H and O–H groups in total. The van der Waals surface area contributed by atoms with Crippen LogP contribution in [-0.4, -0.2) is 74.9 Å². The molecular weight excluding hydrogens is 774 g/mol. The quantitative estimate of drug-likeness (QED) is 0.0215. The summed E-state index contributed by atoms with van der Waals surface area (Å²) in [4.78, 5) is 35.4. The number of carbonyl (C=O) groups excluding carboxylic acids is 2. The van der Waals surface area contributed by atoms with Gasteiger partial charge in [0.25, 0.3) is 0 Å². The van der Waals surface area contributed by atoms with Gasteiger partial charge in [-0.3, -0.25) is 18.6 Å². The van der Waals surface area contributed by atoms with E-state index in [1.165, 1.54) is 0 Å². The maximum Gasteiger partial charge on any atom is 0.472 e. The van der Waals surface area contributed by atoms with Crippen LogP contribution in [0.2, 0.25) is 0 Å². The molecule has 10 heteroatoms. The molecule has 2 unspecified atom stereocenters. The van der Waals surface area contributed by atoms with E-state index in [2.05, 4.69) is 123 Å². The minimum atomic E-state index is -4.41. The van der Waals surface area contributed by atoms with E-state index < -0.39 is 32.5 Å². The number of phosphoric acid groups is 1. The van der Waals surface area contributed by atoms with Crippen molar-refractivity contribution in [2.75, 3.05) is 47.5 Å². The third-order valence-corrected chi connectivity index (χ3v) is 9.48. The van der Waals surface area contributed by atoms with E-state index in [9.17, 15) is 19.0 Å². The lowest BCUT2D eigenvalue weighted by Gasteiger charge is -2.24. The average Bonchev–Trinajstić information content (AvgIpc) is 3.20. The second kappa shape index (κ2) is 40.8. The van der Waals surface area contributed by atoms with Crippen molar-refractivity contribution < 1.29 is 42.1 Å². The molecule has 60 heavy (non-hydrogen) atoms. The summed E-state index contributed by atoms with van der Waals surface area (Å²) in [5.41, 5.74) is 0. The van der Waals surface area contributed by atoms with Crippen LogP contribution in [0.4, 0.5) is 0 Å². The molecule has 0 heterocycles. The van der Waals surface area contributed by atoms with Crippen LogP contribution in [0.15, 0.2) is 122 Å². The van der Waals surface area contributed by atoms with E-state index in [1.807, 2.05) is 33.3 Å². The zero-order valence-corrected chi connectivity index (χ0v) is 38.8. The normalized spacial score (nSPS) is 14.7. The molecule has 0 aliphatic heterocycles. The number of allylic oxidation sites excluding steroid dienone is 20. The predicted octanol–water partition coefficient (Wildman–Crippen LogP) is 12.9. The van der Waals surface area contributed by atoms with Crippen molar-refractivity contribution in [1.82, 2.24) is 0 Å². The first-order valence-corrected chi connectivity index (χ1v) is 23.8. The van der Waals surface area contributed by atoms with Crippen molar-refractivity contribution in [3.8, 4) is 0 Å². The molecule has 338 valence electrons. The summed E-state index contributed by atoms with van der Waals surface area (Å²) in [5.74, 6) is -0.939. The van der Waals surface area contributed by atoms with Crippen LogP contribution < -0.4 is 0 Å². The van der Waals surface area contributed by atoms with E-state index in [1.54, 1.807) is 0 Å². The Hall–Kier alpha value is -3.59. The summed E-state index contributed by atoms with van der Waals surface area (Å²) < 4.78 is 34.2. The standard InChI is InChI=1S/C50H80NO8P/c1-6-8-10-12-14-16-18-20-22-24-25-27-29-31-33-35-37-39-41-43-50(53)59-48(47-58-60(54,55)57-45-44-51(3,4)5)46-56-49(52)42-40-38-36-34-32-30-28-26-23-21-19-17-15-13-11-9-7-2/h8-11,14-17,20-23,25,27-28,30-31,33,37,39,48H,6-7,12-13,18-19,24,26,29,32,34-36,38,40-47H2,1-5H3/p+1/b10-8-,11-9-,16-14-,17-15-,22-20-,23-21-,27-25-,30-28-,33-31-,39-37-. The van der Waals surface area contributed by atoms with Gasteiger partial charge >= 0.3 is 19.8 Å². The van der Waals surface area contributed by atoms with E-state index >= 15 is 0 Å². The smallest absolute Gasteiger partial charge is 0.462 e. The lowest BCUT2D eigenvalue weighted by atomic mass is 10.1. The van der Waals surface area contributed by atoms with E-state index in [-0.39, 0.29) is 26.1 Å². The monoisotopic (exact) mass is 855 g/mol. The second-order valence-electron chi connectivity index (χ2n) is 15.3. The summed E-state index contributed by atoms with van der Waals surface area (Å²) in [6.45, 7) is 4.04. The Kier molecular flexibility index (Phi) is 38.4. The van der Waals surface area contributed by atoms with E-state index in [0.29, 0.717) is 23.9 Å². The third-order valence-electron chi connectivity index (χ3n) is 8.50. The number of hydrogen-bond acceptors (Lipinski definition) is 7. The molecular formula is C50H81NO8P+. The molecule has 0 aliphatic carbocycles. The molecule has 0 saturated heterocycles. The van der Waals surface area contributed by atoms with Crippen LogP contribution in [0.5, 0.6) is 0 Å². The van der Waals surface area contributed by atoms with Crippen molar-refractivity contribution in [3.63, 3.8) is 0 Å². The van der Waals surface area contributed by atoms with E-state index in [4.69, 9.17) is 18.5 Å². The number of likely N-dealkylation sites (N-methyl/N-ethyl adjacent to an activating group) is 1. The fourth-order valence-corrected chi connectivity index (χ4v) is 5.83. The molecule has 9 nitrogen and oxygen atoms in total. The van der Waals surface area contributed by atoms with Gasteiger partial charge in [0.2, 0.25) is 0 Å². The van der Waals surface area contributed by atoms with Gasteiger partial charge in [0.05, 0.1) is 27.7 Å². The van der Waals surface area contributed by atoms with Crippen LogP contribution in [0.1, 0.15) is 129 Å². The van der Waals surface area contributed by atoms with Gasteiger partial charge in [-0.15, -0.1) is 0 Å². The fourth-order valence-electron chi connectivity index (χ4n) is 5.09. The maximum absolute atomic E-state index is 12.7. The number of unbranched alkanes of at least 4 members (excludes halogenated alkanes) is 4. The molecule has 2 atom stereocenters. The minimum Gasteiger partial charge on any atom is -0.462 e. The SMILES string of the molecule is CC/C=C\C/C=C\C/C=C\C/C=C\C/C=C\C/C=C\CCC(=O)OC(COC(=O)CCCCCC/C=C\C/C=C\C/C=C\C/C=C\CC)COP(=O)(O)OCC[N+](C)(C)C. The number of rotatable bonds is 38. The Balaban J connectivity index is 4.56. The number of esters is 2. The van der Waals surface area contributed by atoms with Crippen LogP contribution in [0.25, 0.3) is 0 Å². The highest BCUT2D eigenvalue weighted by molar-refractivity contribution is 7.47. The summed E-state index contributed by atoms with van der Waals surface area (Å²) in [5, 5.41) is 0. The summed E-state index contributed by atoms with van der Waals surface area (Å²) >= 11 is 0. The number of nitrogens with zero attached hydrogens (tertiary/aromatic N) is 1. The molecule has 0 aromatic carbocycles. The van der Waals surface area contributed by atoms with Gasteiger partial charge in [-0.1, -0.05) is 148 Å². The van der Waals surface area contributed by atoms with E-state index in [0.717, 1.165) is 89.9 Å². The fraction of sp³-hybridized carbons (Fsp3) is 0.560. The van der Waals surface area contributed by atoms with Gasteiger partial charge in [-0.2, -0.15) is 0 Å². The van der Waals surface area contributed by atoms with Crippen LogP contribution in [-0.2, 0) is 32.7 Å². The molecule has 0 amide bonds. The third kappa shape index (κ3) is 44.0. The first-order valence-electron chi connectivity index (χ1n) is 22.3. The Morgan fingerprint density at radius 2 is 0.933 bits per heavy atom. The molecule has 0 bridgehead atoms. The number of carbonyl (C=O) groups is 2. The number of hydrogen-bond donors (Lipinski definition) is 1. The highest BCUT2D eigenvalue weighted by Crippen LogP contribution is 2.43. The minimum absolute atomic E-state index is 0.00607. The predicted molar refractivity (Wildman–Crippen MR) is 251 cm³/mol. The maximum atomic E-state index is 12.7. The summed E-state index contributed by atoms with van der Waals surface area (Å²) in [7, 11) is 1.39. The van der Waals surface area contributed by atoms with Gasteiger partial charge in [-0.05, 0) is 89.9 Å². The lowest BCUT2D eigenvalue weighted by Crippen LogP contribution is -2.37. The highest BCUT2D eigenvalue weighted by Gasteiger charge is 2.27. The highest BCUT2D eigenvalue weighted by atomic mass is 31.2. The average molecular weight is 855 g/mol. The Bertz CT molecular complexity index is 1430. The number of phosphoric ester groups is 1. The molecule has 0 aromatic heterocycles. The van der Waals surface area contributed by atoms with Crippen LogP contribution in [0.3, 0.4) is 0 Å². The van der Waals surface area contributed by atoms with Crippen LogP contribution >= 0.6 is 7.82 Å². The largest absolute Gasteiger partial charge is 0.472 e. The van der Waals surface area contributed by atoms with Crippen molar-refractivity contribution >= 4 is 19.8 Å². The summed E-state index contributed by atoms with van der Waals surface area (Å²) in [6, 6.07) is 0. The molecule has 0 fully saturated rings. The first kappa shape index (κ1) is 56.4. The topological polar surface area (TPSA) is 108 Å². The van der Waals surface area contributed by atoms with Gasteiger partial charge in [0, 0.05) is 12.8 Å². The van der Waals surface area contributed by atoms with Gasteiger partial charge < -0.3 is 18.9 Å². The number of quaternary nitrogens is 1. The van der Waals surface area contributed by atoms with Gasteiger partial charge in [0.15, 0.2) is 6.10 Å². The second-order valence-corrected chi connectivity index (χ2v) is 16.8. The van der Waals surface area contributed by atoms with Crippen LogP contribution in [0, 0.1) is 0 Å². The Morgan fingerprint density at radius 3 is 1.38 bits per heavy atom. The Morgan fingerprint density at radius 1 is 0.517 bits per heavy atom. The molecule has 0 aromatic rings. The van der Waals surface area contributed by atoms with Crippen molar-refractivity contribution in [3.05, 3.63) is 122 Å².